The molecule has 0 unspecified atom stereocenters. The van der Waals surface area contributed by atoms with Gasteiger partial charge in [0.25, 0.3) is 0 Å². The van der Waals surface area contributed by atoms with Crippen molar-refractivity contribution in [3.63, 3.8) is 0 Å². The van der Waals surface area contributed by atoms with Gasteiger partial charge in [-0.15, -0.1) is 0 Å². The van der Waals surface area contributed by atoms with Crippen LogP contribution < -0.4 is 0 Å². The zero-order valence-corrected chi connectivity index (χ0v) is 5.79. The van der Waals surface area contributed by atoms with Gasteiger partial charge in [0.05, 0.1) is 0 Å². The van der Waals surface area contributed by atoms with Crippen LogP contribution in [0.15, 0.2) is 0 Å². The van der Waals surface area contributed by atoms with Crippen LogP contribution in [0.3, 0.4) is 0 Å². The third-order valence-corrected chi connectivity index (χ3v) is 1.98. The Balaban J connectivity index is 2.17. The van der Waals surface area contributed by atoms with Crippen LogP contribution in [0.1, 0.15) is 0 Å². The second-order valence-electron chi connectivity index (χ2n) is 0.954. The molecule has 1 aliphatic heterocycles. The zero-order chi connectivity index (χ0) is 2.99. The third-order valence-electron chi connectivity index (χ3n) is 0.424. The predicted molar refractivity (Wildman–Crippen MR) is 18.7 cm³/mol. The molecule has 1 saturated heterocycles. The summed E-state index contributed by atoms with van der Waals surface area (Å²) in [5.41, 5.74) is 0. The van der Waals surface area contributed by atoms with Gasteiger partial charge in [-0.2, -0.15) is 0 Å². The Labute approximate surface area is 41.5 Å². The van der Waals surface area contributed by atoms with Crippen LogP contribution in [0.25, 0.3) is 0 Å². The van der Waals surface area contributed by atoms with E-state index < -0.39 is 0 Å². The van der Waals surface area contributed by atoms with Crippen molar-refractivity contribution in [2.24, 2.45) is 0 Å². The molecule has 0 bridgehead atoms. The van der Waals surface area contributed by atoms with Crippen molar-refractivity contribution >= 4 is 25.4 Å². The molecule has 2 heteroatoms. The number of hydrogen-bond acceptors (Lipinski definition) is 1. The molecule has 0 aromatic heterocycles. The Bertz CT molecular complexity index is 25.2. The van der Waals surface area contributed by atoms with Gasteiger partial charge >= 0.3 is 41.2 Å². The first-order chi connectivity index (χ1) is 1.89. The molecule has 0 N–H and O–H groups in total. The second kappa shape index (κ2) is 0.917. The van der Waals surface area contributed by atoms with Crippen LogP contribution in [0.4, 0.5) is 0 Å². The predicted octanol–water partition coefficient (Wildman–Crippen LogP) is -0.882. The summed E-state index contributed by atoms with van der Waals surface area (Å²) in [6.45, 7) is 2.74. The van der Waals surface area contributed by atoms with Crippen molar-refractivity contribution in [3.8, 4) is 0 Å². The SMILES string of the molecule is [PoH][N]1CC1. The van der Waals surface area contributed by atoms with E-state index in [4.69, 9.17) is 0 Å². The van der Waals surface area contributed by atoms with Crippen LogP contribution in [0.5, 0.6) is 0 Å². The molecule has 1 aliphatic rings. The van der Waals surface area contributed by atoms with Crippen molar-refractivity contribution in [1.82, 2.24) is 2.80 Å². The molecule has 4 heavy (non-hydrogen) atoms. The molecule has 1 heterocycles. The maximum absolute atomic E-state index is 2.36. The molecule has 0 aromatic carbocycles. The number of nitrogens with zero attached hydrogens (tertiary/aromatic N) is 1. The van der Waals surface area contributed by atoms with Gasteiger partial charge in [-0.3, -0.25) is 0 Å². The summed E-state index contributed by atoms with van der Waals surface area (Å²) in [5, 5.41) is 0. The van der Waals surface area contributed by atoms with E-state index in [1.54, 1.807) is 0 Å². The Morgan fingerprint density at radius 3 is 1.75 bits per heavy atom. The molecule has 0 saturated carbocycles. The van der Waals surface area contributed by atoms with Gasteiger partial charge in [0.2, 0.25) is 0 Å². The van der Waals surface area contributed by atoms with E-state index in [1.165, 1.54) is 38.4 Å². The minimum absolute atomic E-state index is 1.37. The molecule has 1 fully saturated rings. The fourth-order valence-corrected chi connectivity index (χ4v) is 0.392. The standard InChI is InChI=1S/C2H4N.Po.H/c1-2-3-1;;/h1-2H2;;/q-1;+1;. The van der Waals surface area contributed by atoms with E-state index in [0.29, 0.717) is 0 Å². The average molecular weight is 252 g/mol. The summed E-state index contributed by atoms with van der Waals surface area (Å²) in [4.78, 5) is 0. The average Bonchev–Trinajstić information content (AvgIpc) is 1.75. The van der Waals surface area contributed by atoms with E-state index in [-0.39, 0.29) is 0 Å². The molecular formula is C2H5NPo. The van der Waals surface area contributed by atoms with Gasteiger partial charge in [-0.1, -0.05) is 0 Å². The molecular weight excluding hydrogens is 247 g/mol. The summed E-state index contributed by atoms with van der Waals surface area (Å²) in [5.74, 6) is 0. The summed E-state index contributed by atoms with van der Waals surface area (Å²) < 4.78 is 2.36. The fraction of sp³-hybridized carbons (Fsp3) is 1.00. The normalized spacial score (nSPS) is 26.2. The first-order valence-corrected chi connectivity index (χ1v) is 2.89. The summed E-state index contributed by atoms with van der Waals surface area (Å²) in [6.07, 6.45) is 0. The molecule has 24 valence electrons. The van der Waals surface area contributed by atoms with Crippen molar-refractivity contribution in [3.05, 3.63) is 0 Å². The summed E-state index contributed by atoms with van der Waals surface area (Å²) >= 11 is 1.46. The van der Waals surface area contributed by atoms with Crippen molar-refractivity contribution in [2.75, 3.05) is 13.1 Å². The summed E-state index contributed by atoms with van der Waals surface area (Å²) in [7, 11) is 0. The van der Waals surface area contributed by atoms with E-state index in [9.17, 15) is 0 Å². The second-order valence-corrected chi connectivity index (χ2v) is 3.15. The molecule has 0 aliphatic carbocycles. The van der Waals surface area contributed by atoms with Crippen LogP contribution >= 0.6 is 0 Å². The molecule has 0 amide bonds. The van der Waals surface area contributed by atoms with Gasteiger partial charge in [0.15, 0.2) is 0 Å². The maximum atomic E-state index is 2.36. The van der Waals surface area contributed by atoms with Gasteiger partial charge in [0, 0.05) is 0 Å². The van der Waals surface area contributed by atoms with Gasteiger partial charge in [-0.25, -0.2) is 0 Å². The monoisotopic (exact) mass is 252 g/mol. The van der Waals surface area contributed by atoms with Gasteiger partial charge in [0.1, 0.15) is 0 Å². The first-order valence-electron chi connectivity index (χ1n) is 1.33. The quantitative estimate of drug-likeness (QED) is 0.506. The van der Waals surface area contributed by atoms with Crippen LogP contribution in [0.2, 0.25) is 0 Å². The Morgan fingerprint density at radius 2 is 1.75 bits per heavy atom. The van der Waals surface area contributed by atoms with E-state index >= 15 is 0 Å². The Morgan fingerprint density at radius 1 is 1.50 bits per heavy atom. The van der Waals surface area contributed by atoms with Gasteiger partial charge in [-0.05, 0) is 0 Å². The molecule has 0 radical (unpaired) electrons. The molecule has 0 aromatic rings. The molecule has 1 nitrogen and oxygen atoms in total. The van der Waals surface area contributed by atoms with Crippen LogP contribution in [-0.2, 0) is 0 Å². The summed E-state index contributed by atoms with van der Waals surface area (Å²) in [6, 6.07) is 0. The number of hydrogen-bond donors (Lipinski definition) is 0. The Hall–Kier alpha value is 0.856. The zero-order valence-electron chi connectivity index (χ0n) is 2.31. The van der Waals surface area contributed by atoms with E-state index in [1.807, 2.05) is 0 Å². The first kappa shape index (κ1) is 3.06. The van der Waals surface area contributed by atoms with Crippen molar-refractivity contribution in [1.29, 1.82) is 0 Å². The Kier molecular flexibility index (Phi) is 0.702. The van der Waals surface area contributed by atoms with Crippen LogP contribution in [0, 0.1) is 0 Å². The van der Waals surface area contributed by atoms with E-state index in [2.05, 4.69) is 2.80 Å². The molecule has 1 rings (SSSR count). The molecule has 0 atom stereocenters. The minimum atomic E-state index is 1.37. The van der Waals surface area contributed by atoms with Gasteiger partial charge < -0.3 is 0 Å². The van der Waals surface area contributed by atoms with Crippen molar-refractivity contribution in [2.45, 2.75) is 0 Å². The topological polar surface area (TPSA) is 3.01 Å². The van der Waals surface area contributed by atoms with Crippen molar-refractivity contribution < 1.29 is 0 Å². The number of rotatable bonds is 0. The molecule has 0 spiro atoms. The fourth-order valence-electron chi connectivity index (χ4n) is 0.0447. The third kappa shape index (κ3) is 0.662. The van der Waals surface area contributed by atoms with E-state index in [0.717, 1.165) is 0 Å². The van der Waals surface area contributed by atoms with Crippen LogP contribution in [-0.4, -0.2) is 41.2 Å².